The van der Waals surface area contributed by atoms with Crippen LogP contribution in [0.4, 0.5) is 0 Å². The molecule has 1 aliphatic carbocycles. The third kappa shape index (κ3) is 9.12. The summed E-state index contributed by atoms with van der Waals surface area (Å²) in [7, 11) is 3.35. The van der Waals surface area contributed by atoms with Gasteiger partial charge in [0.2, 0.25) is 5.91 Å². The van der Waals surface area contributed by atoms with Crippen molar-refractivity contribution in [1.82, 2.24) is 16.0 Å². The van der Waals surface area contributed by atoms with Gasteiger partial charge in [-0.1, -0.05) is 23.8 Å². The van der Waals surface area contributed by atoms with E-state index in [-0.39, 0.29) is 36.4 Å². The molecule has 0 aliphatic heterocycles. The van der Waals surface area contributed by atoms with Crippen molar-refractivity contribution in [1.29, 1.82) is 0 Å². The number of allylic oxidation sites excluding steroid dienone is 1. The number of guanidine groups is 1. The lowest BCUT2D eigenvalue weighted by atomic mass is 9.97. The second kappa shape index (κ2) is 13.4. The maximum Gasteiger partial charge on any atom is 0.239 e. The Kier molecular flexibility index (Phi) is 11.6. The van der Waals surface area contributed by atoms with Gasteiger partial charge in [0.15, 0.2) is 5.96 Å². The number of hydrogen-bond acceptors (Lipinski definition) is 3. The van der Waals surface area contributed by atoms with E-state index in [0.29, 0.717) is 12.5 Å². The van der Waals surface area contributed by atoms with Gasteiger partial charge in [0.1, 0.15) is 5.75 Å². The number of aliphatic imine (C=N–C) groups is 1. The molecule has 0 spiro atoms. The van der Waals surface area contributed by atoms with Crippen LogP contribution in [0.25, 0.3) is 0 Å². The van der Waals surface area contributed by atoms with Crippen LogP contribution in [0.2, 0.25) is 0 Å². The molecule has 0 fully saturated rings. The second-order valence-electron chi connectivity index (χ2n) is 6.34. The highest BCUT2D eigenvalue weighted by Gasteiger charge is 2.06. The summed E-state index contributed by atoms with van der Waals surface area (Å²) >= 11 is 0. The van der Waals surface area contributed by atoms with Gasteiger partial charge in [-0.25, -0.2) is 0 Å². The molecule has 1 aliphatic rings. The molecular formula is C20H31IN4O2. The summed E-state index contributed by atoms with van der Waals surface area (Å²) < 4.78 is 5.12. The number of rotatable bonds is 8. The number of nitrogens with one attached hydrogen (secondary N) is 3. The van der Waals surface area contributed by atoms with E-state index in [1.165, 1.54) is 31.3 Å². The maximum atomic E-state index is 12.0. The number of benzene rings is 1. The van der Waals surface area contributed by atoms with Crippen molar-refractivity contribution >= 4 is 35.8 Å². The van der Waals surface area contributed by atoms with Gasteiger partial charge in [-0.2, -0.15) is 0 Å². The fraction of sp³-hybridized carbons (Fsp3) is 0.500. The predicted molar refractivity (Wildman–Crippen MR) is 121 cm³/mol. The monoisotopic (exact) mass is 486 g/mol. The SMILES string of the molecule is CN=C(NCCC1=CCCCC1)NCC(=O)NCc1ccc(OC)cc1.I. The minimum atomic E-state index is -0.0706. The van der Waals surface area contributed by atoms with Crippen LogP contribution in [-0.4, -0.2) is 39.1 Å². The number of hydrogen-bond donors (Lipinski definition) is 3. The first kappa shape index (κ1) is 23.3. The van der Waals surface area contributed by atoms with E-state index in [2.05, 4.69) is 27.0 Å². The Morgan fingerprint density at radius 3 is 2.56 bits per heavy atom. The molecule has 1 aromatic carbocycles. The summed E-state index contributed by atoms with van der Waals surface area (Å²) in [5, 5.41) is 9.20. The van der Waals surface area contributed by atoms with Crippen LogP contribution in [0, 0.1) is 0 Å². The highest BCUT2D eigenvalue weighted by Crippen LogP contribution is 2.19. The van der Waals surface area contributed by atoms with Crippen LogP contribution in [-0.2, 0) is 11.3 Å². The van der Waals surface area contributed by atoms with Crippen LogP contribution in [0.15, 0.2) is 40.9 Å². The molecule has 6 nitrogen and oxygen atoms in total. The average Bonchev–Trinajstić information content (AvgIpc) is 2.70. The molecule has 0 radical (unpaired) electrons. The number of carbonyl (C=O) groups is 1. The van der Waals surface area contributed by atoms with E-state index in [1.807, 2.05) is 24.3 Å². The Balaban J connectivity index is 0.00000364. The molecule has 0 unspecified atom stereocenters. The van der Waals surface area contributed by atoms with Gasteiger partial charge in [-0.15, -0.1) is 24.0 Å². The summed E-state index contributed by atoms with van der Waals surface area (Å²) in [5.41, 5.74) is 2.55. The fourth-order valence-electron chi connectivity index (χ4n) is 2.86. The topological polar surface area (TPSA) is 74.8 Å². The molecule has 0 saturated heterocycles. The van der Waals surface area contributed by atoms with E-state index < -0.39 is 0 Å². The number of amides is 1. The molecule has 0 bridgehead atoms. The molecule has 0 aromatic heterocycles. The third-order valence-corrected chi connectivity index (χ3v) is 4.41. The van der Waals surface area contributed by atoms with Crippen LogP contribution >= 0.6 is 24.0 Å². The van der Waals surface area contributed by atoms with Gasteiger partial charge in [-0.05, 0) is 49.8 Å². The van der Waals surface area contributed by atoms with E-state index in [1.54, 1.807) is 14.2 Å². The standard InChI is InChI=1S/C20H30N4O2.HI/c1-21-20(22-13-12-16-6-4-3-5-7-16)24-15-19(25)23-14-17-8-10-18(26-2)11-9-17;/h6,8-11H,3-5,7,12-15H2,1-2H3,(H,23,25)(H2,21,22,24);1H. The zero-order chi connectivity index (χ0) is 18.6. The second-order valence-corrected chi connectivity index (χ2v) is 6.34. The summed E-state index contributed by atoms with van der Waals surface area (Å²) in [5.74, 6) is 1.39. The fourth-order valence-corrected chi connectivity index (χ4v) is 2.86. The van der Waals surface area contributed by atoms with Crippen LogP contribution in [0.5, 0.6) is 5.75 Å². The minimum Gasteiger partial charge on any atom is -0.497 e. The zero-order valence-electron chi connectivity index (χ0n) is 16.2. The molecule has 0 heterocycles. The molecule has 0 atom stereocenters. The summed E-state index contributed by atoms with van der Waals surface area (Å²) in [6.07, 6.45) is 8.41. The van der Waals surface area contributed by atoms with Gasteiger partial charge in [0.25, 0.3) is 0 Å². The molecule has 27 heavy (non-hydrogen) atoms. The van der Waals surface area contributed by atoms with Crippen molar-refractivity contribution in [3.05, 3.63) is 41.5 Å². The first-order chi connectivity index (χ1) is 12.7. The summed E-state index contributed by atoms with van der Waals surface area (Å²) in [4.78, 5) is 16.2. The van der Waals surface area contributed by atoms with Crippen molar-refractivity contribution < 1.29 is 9.53 Å². The lowest BCUT2D eigenvalue weighted by Crippen LogP contribution is -2.43. The normalized spacial score (nSPS) is 13.9. The van der Waals surface area contributed by atoms with Crippen molar-refractivity contribution in [2.75, 3.05) is 27.2 Å². The minimum absolute atomic E-state index is 0. The van der Waals surface area contributed by atoms with E-state index in [0.717, 1.165) is 24.3 Å². The van der Waals surface area contributed by atoms with Gasteiger partial charge >= 0.3 is 0 Å². The Morgan fingerprint density at radius 2 is 1.93 bits per heavy atom. The summed E-state index contributed by atoms with van der Waals surface area (Å²) in [6, 6.07) is 7.64. The van der Waals surface area contributed by atoms with Gasteiger partial charge in [0.05, 0.1) is 13.7 Å². The molecular weight excluding hydrogens is 455 g/mol. The number of methoxy groups -OCH3 is 1. The van der Waals surface area contributed by atoms with Crippen molar-refractivity contribution in [2.45, 2.75) is 38.6 Å². The van der Waals surface area contributed by atoms with Gasteiger partial charge < -0.3 is 20.7 Å². The van der Waals surface area contributed by atoms with E-state index in [4.69, 9.17) is 4.74 Å². The first-order valence-corrected chi connectivity index (χ1v) is 9.23. The van der Waals surface area contributed by atoms with Crippen LogP contribution in [0.3, 0.4) is 0 Å². The Bertz CT molecular complexity index is 629. The van der Waals surface area contributed by atoms with Gasteiger partial charge in [-0.3, -0.25) is 9.79 Å². The average molecular weight is 486 g/mol. The van der Waals surface area contributed by atoms with E-state index in [9.17, 15) is 4.79 Å². The quantitative estimate of drug-likeness (QED) is 0.229. The largest absolute Gasteiger partial charge is 0.497 e. The van der Waals surface area contributed by atoms with Crippen molar-refractivity contribution in [3.63, 3.8) is 0 Å². The zero-order valence-corrected chi connectivity index (χ0v) is 18.5. The number of nitrogens with zero attached hydrogens (tertiary/aromatic N) is 1. The Hall–Kier alpha value is -1.77. The Labute approximate surface area is 179 Å². The number of ether oxygens (including phenoxy) is 1. The third-order valence-electron chi connectivity index (χ3n) is 4.41. The number of halogens is 1. The number of carbonyl (C=O) groups excluding carboxylic acids is 1. The molecule has 1 aromatic rings. The molecule has 150 valence electrons. The first-order valence-electron chi connectivity index (χ1n) is 9.23. The molecule has 2 rings (SSSR count). The van der Waals surface area contributed by atoms with Crippen LogP contribution < -0.4 is 20.7 Å². The highest BCUT2D eigenvalue weighted by molar-refractivity contribution is 14.0. The van der Waals surface area contributed by atoms with Crippen molar-refractivity contribution in [3.8, 4) is 5.75 Å². The molecule has 3 N–H and O–H groups in total. The van der Waals surface area contributed by atoms with E-state index >= 15 is 0 Å². The lowest BCUT2D eigenvalue weighted by molar-refractivity contribution is -0.120. The Morgan fingerprint density at radius 1 is 1.15 bits per heavy atom. The van der Waals surface area contributed by atoms with Gasteiger partial charge in [0, 0.05) is 20.1 Å². The smallest absolute Gasteiger partial charge is 0.239 e. The van der Waals surface area contributed by atoms with Crippen LogP contribution in [0.1, 0.15) is 37.7 Å². The molecule has 7 heteroatoms. The molecule has 0 saturated carbocycles. The lowest BCUT2D eigenvalue weighted by Gasteiger charge is -2.15. The van der Waals surface area contributed by atoms with Crippen molar-refractivity contribution in [2.24, 2.45) is 4.99 Å². The maximum absolute atomic E-state index is 12.0. The summed E-state index contributed by atoms with van der Waals surface area (Å²) in [6.45, 7) is 1.52. The molecule has 1 amide bonds. The highest BCUT2D eigenvalue weighted by atomic mass is 127. The predicted octanol–water partition coefficient (Wildman–Crippen LogP) is 2.98.